The minimum atomic E-state index is -0.120. The molecule has 146 valence electrons. The maximum absolute atomic E-state index is 12.6. The molecule has 0 saturated carbocycles. The van der Waals surface area contributed by atoms with Gasteiger partial charge in [-0.1, -0.05) is 13.8 Å². The number of nitrogens with zero attached hydrogens (tertiary/aromatic N) is 5. The van der Waals surface area contributed by atoms with Crippen molar-refractivity contribution in [1.82, 2.24) is 14.9 Å². The molecule has 8 nitrogen and oxygen atoms in total. The minimum absolute atomic E-state index is 0.00761. The first-order chi connectivity index (χ1) is 13.5. The van der Waals surface area contributed by atoms with Crippen LogP contribution in [0.1, 0.15) is 25.1 Å². The topological polar surface area (TPSA) is 102 Å². The number of nitriles is 1. The summed E-state index contributed by atoms with van der Waals surface area (Å²) in [7, 11) is 0. The molecule has 28 heavy (non-hydrogen) atoms. The van der Waals surface area contributed by atoms with E-state index in [1.807, 2.05) is 18.7 Å². The number of hydrogen-bond donors (Lipinski definition) is 1. The molecule has 1 fully saturated rings. The van der Waals surface area contributed by atoms with E-state index >= 15 is 0 Å². The smallest absolute Gasteiger partial charge is 0.228 e. The van der Waals surface area contributed by atoms with Crippen LogP contribution in [0.15, 0.2) is 23.7 Å². The molecule has 0 bridgehead atoms. The summed E-state index contributed by atoms with van der Waals surface area (Å²) in [6.07, 6.45) is 1.88. The molecule has 1 aliphatic heterocycles. The van der Waals surface area contributed by atoms with E-state index in [4.69, 9.17) is 0 Å². The number of pyridine rings is 1. The molecular formula is C19H22N6O2S. The average molecular weight is 398 g/mol. The molecule has 1 aliphatic rings. The highest BCUT2D eigenvalue weighted by Gasteiger charge is 2.24. The maximum Gasteiger partial charge on any atom is 0.228 e. The van der Waals surface area contributed by atoms with E-state index < -0.39 is 0 Å². The van der Waals surface area contributed by atoms with Gasteiger partial charge < -0.3 is 15.1 Å². The van der Waals surface area contributed by atoms with Gasteiger partial charge in [-0.05, 0) is 12.1 Å². The Morgan fingerprint density at radius 3 is 2.75 bits per heavy atom. The molecule has 0 atom stereocenters. The quantitative estimate of drug-likeness (QED) is 0.825. The molecule has 2 aromatic rings. The second kappa shape index (κ2) is 8.80. The van der Waals surface area contributed by atoms with Crippen molar-refractivity contribution >= 4 is 34.1 Å². The first-order valence-corrected chi connectivity index (χ1v) is 9.99. The Labute approximate surface area is 167 Å². The van der Waals surface area contributed by atoms with Crippen LogP contribution in [0.4, 0.5) is 10.9 Å². The zero-order valence-corrected chi connectivity index (χ0v) is 16.7. The Bertz CT molecular complexity index is 896. The van der Waals surface area contributed by atoms with Crippen molar-refractivity contribution in [2.75, 3.05) is 36.4 Å². The van der Waals surface area contributed by atoms with Crippen molar-refractivity contribution < 1.29 is 9.59 Å². The zero-order valence-electron chi connectivity index (χ0n) is 15.9. The molecule has 3 heterocycles. The third-order valence-corrected chi connectivity index (χ3v) is 5.28. The molecule has 2 amide bonds. The largest absolute Gasteiger partial charge is 0.352 e. The summed E-state index contributed by atoms with van der Waals surface area (Å²) in [5.74, 6) is 0.468. The fourth-order valence-electron chi connectivity index (χ4n) is 2.87. The summed E-state index contributed by atoms with van der Waals surface area (Å²) in [5, 5.41) is 14.3. The highest BCUT2D eigenvalue weighted by atomic mass is 32.1. The number of piperazine rings is 1. The first-order valence-electron chi connectivity index (χ1n) is 9.11. The van der Waals surface area contributed by atoms with Crippen LogP contribution in [0.5, 0.6) is 0 Å². The summed E-state index contributed by atoms with van der Waals surface area (Å²) in [5.41, 5.74) is 1.20. The lowest BCUT2D eigenvalue weighted by atomic mass is 10.2. The van der Waals surface area contributed by atoms with Crippen LogP contribution < -0.4 is 10.2 Å². The predicted octanol–water partition coefficient (Wildman–Crippen LogP) is 1.90. The molecule has 3 rings (SSSR count). The van der Waals surface area contributed by atoms with Gasteiger partial charge >= 0.3 is 0 Å². The van der Waals surface area contributed by atoms with Crippen LogP contribution in [0.2, 0.25) is 0 Å². The number of aromatic nitrogens is 2. The van der Waals surface area contributed by atoms with Gasteiger partial charge in [0.2, 0.25) is 11.8 Å². The van der Waals surface area contributed by atoms with Crippen molar-refractivity contribution in [3.63, 3.8) is 0 Å². The lowest BCUT2D eigenvalue weighted by Gasteiger charge is -2.35. The first kappa shape index (κ1) is 19.8. The van der Waals surface area contributed by atoms with Crippen LogP contribution in [-0.2, 0) is 16.0 Å². The van der Waals surface area contributed by atoms with Gasteiger partial charge in [-0.25, -0.2) is 9.97 Å². The molecular weight excluding hydrogens is 376 g/mol. The van der Waals surface area contributed by atoms with Crippen molar-refractivity contribution in [1.29, 1.82) is 5.26 Å². The van der Waals surface area contributed by atoms with Gasteiger partial charge in [-0.3, -0.25) is 9.59 Å². The molecule has 0 radical (unpaired) electrons. The Kier molecular flexibility index (Phi) is 6.21. The number of amides is 2. The number of carbonyl (C=O) groups is 2. The van der Waals surface area contributed by atoms with Gasteiger partial charge in [-0.2, -0.15) is 5.26 Å². The monoisotopic (exact) mass is 398 g/mol. The Morgan fingerprint density at radius 2 is 2.07 bits per heavy atom. The fourth-order valence-corrected chi connectivity index (χ4v) is 3.58. The van der Waals surface area contributed by atoms with Gasteiger partial charge in [0.05, 0.1) is 17.7 Å². The summed E-state index contributed by atoms with van der Waals surface area (Å²) in [4.78, 5) is 36.8. The molecule has 0 unspecified atom stereocenters. The van der Waals surface area contributed by atoms with Crippen molar-refractivity contribution in [3.05, 3.63) is 35.0 Å². The Hall–Kier alpha value is -2.99. The average Bonchev–Trinajstić information content (AvgIpc) is 3.14. The number of nitrogens with one attached hydrogen (secondary N) is 1. The van der Waals surface area contributed by atoms with E-state index in [9.17, 15) is 14.9 Å². The molecule has 0 spiro atoms. The zero-order chi connectivity index (χ0) is 20.1. The number of hydrogen-bond acceptors (Lipinski definition) is 7. The highest BCUT2D eigenvalue weighted by Crippen LogP contribution is 2.20. The molecule has 0 aromatic carbocycles. The van der Waals surface area contributed by atoms with Crippen LogP contribution in [0, 0.1) is 17.2 Å². The number of rotatable bonds is 5. The highest BCUT2D eigenvalue weighted by molar-refractivity contribution is 7.13. The van der Waals surface area contributed by atoms with E-state index in [1.54, 1.807) is 28.6 Å². The molecule has 9 heteroatoms. The Balaban J connectivity index is 1.54. The fraction of sp³-hybridized carbons (Fsp3) is 0.421. The summed E-state index contributed by atoms with van der Waals surface area (Å²) in [6, 6.07) is 5.65. The second-order valence-electron chi connectivity index (χ2n) is 6.82. The predicted molar refractivity (Wildman–Crippen MR) is 107 cm³/mol. The van der Waals surface area contributed by atoms with Gasteiger partial charge in [0.15, 0.2) is 5.13 Å². The van der Waals surface area contributed by atoms with Crippen LogP contribution in [0.25, 0.3) is 0 Å². The third-order valence-electron chi connectivity index (χ3n) is 4.48. The summed E-state index contributed by atoms with van der Waals surface area (Å²) >= 11 is 1.32. The van der Waals surface area contributed by atoms with E-state index in [0.29, 0.717) is 48.4 Å². The number of carbonyl (C=O) groups excluding carboxylic acids is 2. The third kappa shape index (κ3) is 4.64. The van der Waals surface area contributed by atoms with Gasteiger partial charge in [0.1, 0.15) is 11.9 Å². The van der Waals surface area contributed by atoms with E-state index in [1.165, 1.54) is 11.3 Å². The molecule has 1 saturated heterocycles. The minimum Gasteiger partial charge on any atom is -0.352 e. The lowest BCUT2D eigenvalue weighted by molar-refractivity contribution is -0.130. The van der Waals surface area contributed by atoms with E-state index in [2.05, 4.69) is 21.4 Å². The van der Waals surface area contributed by atoms with Crippen LogP contribution >= 0.6 is 11.3 Å². The number of anilines is 2. The van der Waals surface area contributed by atoms with Crippen molar-refractivity contribution in [2.24, 2.45) is 5.92 Å². The molecule has 0 aliphatic carbocycles. The maximum atomic E-state index is 12.6. The van der Waals surface area contributed by atoms with Crippen molar-refractivity contribution in [3.8, 4) is 6.07 Å². The van der Waals surface area contributed by atoms with Gasteiger partial charge in [-0.15, -0.1) is 11.3 Å². The molecule has 1 N–H and O–H groups in total. The molecule has 2 aromatic heterocycles. The SMILES string of the molecule is CC(C)C(=O)Nc1nc(CC(=O)N2CCN(c3ncccc3C#N)CC2)cs1. The van der Waals surface area contributed by atoms with Gasteiger partial charge in [0, 0.05) is 43.7 Å². The second-order valence-corrected chi connectivity index (χ2v) is 7.68. The van der Waals surface area contributed by atoms with Crippen LogP contribution in [0.3, 0.4) is 0 Å². The van der Waals surface area contributed by atoms with Crippen molar-refractivity contribution in [2.45, 2.75) is 20.3 Å². The summed E-state index contributed by atoms with van der Waals surface area (Å²) < 4.78 is 0. The summed E-state index contributed by atoms with van der Waals surface area (Å²) in [6.45, 7) is 6.03. The Morgan fingerprint density at radius 1 is 1.32 bits per heavy atom. The standard InChI is InChI=1S/C19H22N6O2S/c1-13(2)18(27)23-19-22-15(12-28-19)10-16(26)24-6-8-25(9-7-24)17-14(11-20)4-3-5-21-17/h3-5,12-13H,6-10H2,1-2H3,(H,22,23,27). The van der Waals surface area contributed by atoms with Gasteiger partial charge in [0.25, 0.3) is 0 Å². The van der Waals surface area contributed by atoms with E-state index in [0.717, 1.165) is 0 Å². The number of thiazole rings is 1. The van der Waals surface area contributed by atoms with Crippen LogP contribution in [-0.4, -0.2) is 52.9 Å². The van der Waals surface area contributed by atoms with E-state index in [-0.39, 0.29) is 24.2 Å². The normalized spacial score (nSPS) is 14.1. The lowest BCUT2D eigenvalue weighted by Crippen LogP contribution is -2.49.